The van der Waals surface area contributed by atoms with Crippen LogP contribution in [-0.4, -0.2) is 48.9 Å². The summed E-state index contributed by atoms with van der Waals surface area (Å²) >= 11 is 0. The Morgan fingerprint density at radius 1 is 1.43 bits per heavy atom. The van der Waals surface area contributed by atoms with Crippen molar-refractivity contribution < 1.29 is 4.79 Å². The Kier molecular flexibility index (Phi) is 2.30. The Labute approximate surface area is 86.1 Å². The van der Waals surface area contributed by atoms with Gasteiger partial charge in [-0.1, -0.05) is 6.92 Å². The number of amides is 1. The fourth-order valence-electron chi connectivity index (χ4n) is 3.14. The molecule has 3 heteroatoms. The van der Waals surface area contributed by atoms with Gasteiger partial charge in [0.25, 0.3) is 0 Å². The third-order valence-electron chi connectivity index (χ3n) is 3.99. The van der Waals surface area contributed by atoms with Crippen LogP contribution in [0.15, 0.2) is 0 Å². The molecule has 14 heavy (non-hydrogen) atoms. The second-order valence-corrected chi connectivity index (χ2v) is 5.20. The molecule has 0 bridgehead atoms. The Hall–Kier alpha value is -0.570. The van der Waals surface area contributed by atoms with Crippen molar-refractivity contribution in [3.8, 4) is 0 Å². The highest BCUT2D eigenvalue weighted by Crippen LogP contribution is 2.40. The molecule has 2 aliphatic rings. The molecule has 2 unspecified atom stereocenters. The Morgan fingerprint density at radius 3 is 2.86 bits per heavy atom. The molecule has 0 spiro atoms. The van der Waals surface area contributed by atoms with Crippen molar-refractivity contribution in [2.75, 3.05) is 27.2 Å². The predicted octanol–water partition coefficient (Wildman–Crippen LogP) is 0.949. The molecule has 2 rings (SSSR count). The Bertz CT molecular complexity index is 254. The lowest BCUT2D eigenvalue weighted by atomic mass is 9.71. The lowest BCUT2D eigenvalue weighted by Crippen LogP contribution is -2.59. The van der Waals surface area contributed by atoms with Crippen LogP contribution >= 0.6 is 0 Å². The first-order chi connectivity index (χ1) is 6.53. The van der Waals surface area contributed by atoms with Crippen molar-refractivity contribution in [3.63, 3.8) is 0 Å². The molecule has 3 nitrogen and oxygen atoms in total. The third kappa shape index (κ3) is 1.44. The quantitative estimate of drug-likeness (QED) is 0.576. The number of likely N-dealkylation sites (tertiary alicyclic amines) is 2. The van der Waals surface area contributed by atoms with Gasteiger partial charge in [0.2, 0.25) is 5.91 Å². The summed E-state index contributed by atoms with van der Waals surface area (Å²) < 4.78 is 0. The molecule has 2 heterocycles. The lowest BCUT2D eigenvalue weighted by Gasteiger charge is -2.52. The Morgan fingerprint density at radius 2 is 2.14 bits per heavy atom. The van der Waals surface area contributed by atoms with E-state index in [1.807, 2.05) is 11.9 Å². The van der Waals surface area contributed by atoms with Crippen LogP contribution in [0.1, 0.15) is 26.2 Å². The molecule has 0 N–H and O–H groups in total. The van der Waals surface area contributed by atoms with Gasteiger partial charge in [0, 0.05) is 31.5 Å². The van der Waals surface area contributed by atoms with E-state index in [9.17, 15) is 4.79 Å². The van der Waals surface area contributed by atoms with E-state index in [1.165, 1.54) is 0 Å². The largest absolute Gasteiger partial charge is 0.342 e. The van der Waals surface area contributed by atoms with Gasteiger partial charge in [0.15, 0.2) is 0 Å². The minimum absolute atomic E-state index is 0.329. The van der Waals surface area contributed by atoms with Gasteiger partial charge in [0.1, 0.15) is 0 Å². The number of hydrogen-bond donors (Lipinski definition) is 0. The molecule has 0 aromatic rings. The number of carbonyl (C=O) groups excluding carboxylic acids is 1. The summed E-state index contributed by atoms with van der Waals surface area (Å²) in [4.78, 5) is 16.0. The first-order valence-corrected chi connectivity index (χ1v) is 5.47. The summed E-state index contributed by atoms with van der Waals surface area (Å²) in [5.41, 5.74) is 0.329. The van der Waals surface area contributed by atoms with Crippen LogP contribution in [0.3, 0.4) is 0 Å². The van der Waals surface area contributed by atoms with Crippen LogP contribution in [0.25, 0.3) is 0 Å². The molecular weight excluding hydrogens is 176 g/mol. The van der Waals surface area contributed by atoms with Gasteiger partial charge in [-0.15, -0.1) is 0 Å². The normalized spacial score (nSPS) is 39.8. The average molecular weight is 196 g/mol. The maximum absolute atomic E-state index is 11.6. The maximum Gasteiger partial charge on any atom is 0.222 e. The minimum Gasteiger partial charge on any atom is -0.342 e. The predicted molar refractivity (Wildman–Crippen MR) is 56.0 cm³/mol. The summed E-state index contributed by atoms with van der Waals surface area (Å²) in [6.07, 6.45) is 2.93. The number of rotatable bonds is 0. The first kappa shape index (κ1) is 9.97. The number of carbonyl (C=O) groups is 1. The SMILES string of the molecule is CN1CCC2N(C)C(=O)CCC2(C)C1. The van der Waals surface area contributed by atoms with E-state index >= 15 is 0 Å². The van der Waals surface area contributed by atoms with E-state index < -0.39 is 0 Å². The summed E-state index contributed by atoms with van der Waals surface area (Å²) in [5, 5.41) is 0. The zero-order chi connectivity index (χ0) is 10.3. The molecule has 2 fully saturated rings. The minimum atomic E-state index is 0.329. The molecule has 0 aliphatic carbocycles. The van der Waals surface area contributed by atoms with Crippen LogP contribution in [-0.2, 0) is 4.79 Å². The fraction of sp³-hybridized carbons (Fsp3) is 0.909. The monoisotopic (exact) mass is 196 g/mol. The second kappa shape index (κ2) is 3.23. The molecule has 1 amide bonds. The molecule has 0 radical (unpaired) electrons. The van der Waals surface area contributed by atoms with Crippen molar-refractivity contribution in [2.45, 2.75) is 32.2 Å². The van der Waals surface area contributed by atoms with Gasteiger partial charge in [-0.3, -0.25) is 4.79 Å². The molecular formula is C11H20N2O. The number of piperidine rings is 2. The average Bonchev–Trinajstić information content (AvgIpc) is 2.12. The summed E-state index contributed by atoms with van der Waals surface area (Å²) in [6.45, 7) is 4.59. The van der Waals surface area contributed by atoms with E-state index in [2.05, 4.69) is 18.9 Å². The molecule has 2 atom stereocenters. The van der Waals surface area contributed by atoms with Crippen LogP contribution < -0.4 is 0 Å². The van der Waals surface area contributed by atoms with Crippen molar-refractivity contribution in [3.05, 3.63) is 0 Å². The van der Waals surface area contributed by atoms with Gasteiger partial charge < -0.3 is 9.80 Å². The second-order valence-electron chi connectivity index (χ2n) is 5.20. The topological polar surface area (TPSA) is 23.6 Å². The smallest absolute Gasteiger partial charge is 0.222 e. The zero-order valence-electron chi connectivity index (χ0n) is 9.42. The van der Waals surface area contributed by atoms with Gasteiger partial charge in [-0.25, -0.2) is 0 Å². The summed E-state index contributed by atoms with van der Waals surface area (Å²) in [5.74, 6) is 0.331. The standard InChI is InChI=1S/C11H20N2O/c1-11-6-4-10(14)13(3)9(11)5-7-12(2)8-11/h9H,4-8H2,1-3H3. The highest BCUT2D eigenvalue weighted by atomic mass is 16.2. The molecule has 0 saturated carbocycles. The van der Waals surface area contributed by atoms with Crippen LogP contribution in [0, 0.1) is 5.41 Å². The third-order valence-corrected chi connectivity index (χ3v) is 3.99. The van der Waals surface area contributed by atoms with Gasteiger partial charge in [-0.05, 0) is 26.4 Å². The number of nitrogens with zero attached hydrogens (tertiary/aromatic N) is 2. The van der Waals surface area contributed by atoms with Gasteiger partial charge in [-0.2, -0.15) is 0 Å². The van der Waals surface area contributed by atoms with E-state index in [-0.39, 0.29) is 0 Å². The number of fused-ring (bicyclic) bond motifs is 1. The van der Waals surface area contributed by atoms with Crippen LogP contribution in [0.5, 0.6) is 0 Å². The Balaban J connectivity index is 2.19. The highest BCUT2D eigenvalue weighted by Gasteiger charge is 2.45. The van der Waals surface area contributed by atoms with Gasteiger partial charge >= 0.3 is 0 Å². The fourth-order valence-corrected chi connectivity index (χ4v) is 3.14. The molecule has 2 saturated heterocycles. The van der Waals surface area contributed by atoms with E-state index in [0.29, 0.717) is 17.4 Å². The van der Waals surface area contributed by atoms with E-state index in [0.717, 1.165) is 32.4 Å². The van der Waals surface area contributed by atoms with Crippen molar-refractivity contribution >= 4 is 5.91 Å². The molecule has 80 valence electrons. The maximum atomic E-state index is 11.6. The van der Waals surface area contributed by atoms with Gasteiger partial charge in [0.05, 0.1) is 0 Å². The van der Waals surface area contributed by atoms with Crippen molar-refractivity contribution in [1.82, 2.24) is 9.80 Å². The molecule has 2 aliphatic heterocycles. The van der Waals surface area contributed by atoms with E-state index in [1.54, 1.807) is 0 Å². The van der Waals surface area contributed by atoms with Crippen LogP contribution in [0.4, 0.5) is 0 Å². The van der Waals surface area contributed by atoms with Crippen molar-refractivity contribution in [2.24, 2.45) is 5.41 Å². The zero-order valence-corrected chi connectivity index (χ0v) is 9.42. The highest BCUT2D eigenvalue weighted by molar-refractivity contribution is 5.77. The molecule has 0 aromatic heterocycles. The first-order valence-electron chi connectivity index (χ1n) is 5.47. The molecule has 0 aromatic carbocycles. The van der Waals surface area contributed by atoms with E-state index in [4.69, 9.17) is 0 Å². The summed E-state index contributed by atoms with van der Waals surface area (Å²) in [6, 6.07) is 0.472. The lowest BCUT2D eigenvalue weighted by molar-refractivity contribution is -0.143. The van der Waals surface area contributed by atoms with Crippen molar-refractivity contribution in [1.29, 1.82) is 0 Å². The number of hydrogen-bond acceptors (Lipinski definition) is 2. The summed E-state index contributed by atoms with van der Waals surface area (Å²) in [7, 11) is 4.15. The van der Waals surface area contributed by atoms with Crippen LogP contribution in [0.2, 0.25) is 0 Å².